The summed E-state index contributed by atoms with van der Waals surface area (Å²) < 4.78 is 0. The number of guanidine groups is 1. The molecule has 1 rings (SSSR count). The fourth-order valence-electron chi connectivity index (χ4n) is 2.25. The van der Waals surface area contributed by atoms with Crippen LogP contribution in [0.25, 0.3) is 0 Å². The van der Waals surface area contributed by atoms with Crippen LogP contribution in [0.2, 0.25) is 0 Å². The average molecular weight is 495 g/mol. The van der Waals surface area contributed by atoms with Crippen LogP contribution in [0.5, 0.6) is 0 Å². The molecule has 8 heteroatoms. The number of thiazole rings is 1. The summed E-state index contributed by atoms with van der Waals surface area (Å²) in [5.74, 6) is 0.892. The Kier molecular flexibility index (Phi) is 12.0. The molecule has 2 N–H and O–H groups in total. The number of hydrogen-bond acceptors (Lipinski definition) is 4. The zero-order chi connectivity index (χ0) is 18.9. The van der Waals surface area contributed by atoms with Crippen LogP contribution < -0.4 is 10.6 Å². The average Bonchev–Trinajstić information content (AvgIpc) is 3.03. The number of nitrogens with zero attached hydrogens (tertiary/aromatic N) is 3. The van der Waals surface area contributed by atoms with E-state index in [0.29, 0.717) is 19.5 Å². The van der Waals surface area contributed by atoms with Gasteiger partial charge in [0, 0.05) is 43.4 Å². The second kappa shape index (κ2) is 12.5. The zero-order valence-electron chi connectivity index (χ0n) is 16.9. The van der Waals surface area contributed by atoms with Gasteiger partial charge in [0.2, 0.25) is 5.91 Å². The maximum atomic E-state index is 12.0. The number of aromatic nitrogens is 1. The molecule has 0 aliphatic heterocycles. The van der Waals surface area contributed by atoms with E-state index in [4.69, 9.17) is 0 Å². The fourth-order valence-corrected chi connectivity index (χ4v) is 3.15. The normalized spacial score (nSPS) is 11.7. The first-order valence-corrected chi connectivity index (χ1v) is 9.94. The third kappa shape index (κ3) is 8.66. The third-order valence-electron chi connectivity index (χ3n) is 3.68. The molecular weight excluding hydrogens is 461 g/mol. The highest BCUT2D eigenvalue weighted by Gasteiger charge is 2.17. The highest BCUT2D eigenvalue weighted by Crippen LogP contribution is 2.25. The Labute approximate surface area is 179 Å². The lowest BCUT2D eigenvalue weighted by molar-refractivity contribution is -0.130. The lowest BCUT2D eigenvalue weighted by Gasteiger charge is -2.19. The molecule has 0 fully saturated rings. The number of amides is 1. The van der Waals surface area contributed by atoms with Crippen molar-refractivity contribution in [3.8, 4) is 0 Å². The minimum atomic E-state index is 0. The summed E-state index contributed by atoms with van der Waals surface area (Å²) in [7, 11) is 0. The van der Waals surface area contributed by atoms with Crippen LogP contribution in [0, 0.1) is 0 Å². The summed E-state index contributed by atoms with van der Waals surface area (Å²) in [6.07, 6.45) is 0.469. The van der Waals surface area contributed by atoms with Crippen molar-refractivity contribution in [2.45, 2.75) is 59.9 Å². The first kappa shape index (κ1) is 25.1. The van der Waals surface area contributed by atoms with E-state index in [1.807, 2.05) is 25.7 Å². The molecule has 26 heavy (non-hydrogen) atoms. The van der Waals surface area contributed by atoms with E-state index in [0.717, 1.165) is 36.3 Å². The fraction of sp³-hybridized carbons (Fsp3) is 0.722. The summed E-state index contributed by atoms with van der Waals surface area (Å²) in [5.41, 5.74) is 1.05. The van der Waals surface area contributed by atoms with Crippen LogP contribution in [0.3, 0.4) is 0 Å². The smallest absolute Gasteiger partial charge is 0.224 e. The molecule has 0 bridgehead atoms. The summed E-state index contributed by atoms with van der Waals surface area (Å²) in [6, 6.07) is 0. The Balaban J connectivity index is 0.00000625. The number of rotatable bonds is 8. The predicted molar refractivity (Wildman–Crippen MR) is 122 cm³/mol. The largest absolute Gasteiger partial charge is 0.357 e. The third-order valence-corrected chi connectivity index (χ3v) is 5.00. The first-order valence-electron chi connectivity index (χ1n) is 9.06. The molecule has 0 aromatic carbocycles. The lowest BCUT2D eigenvalue weighted by atomic mass is 9.98. The van der Waals surface area contributed by atoms with E-state index in [9.17, 15) is 4.79 Å². The van der Waals surface area contributed by atoms with Gasteiger partial charge >= 0.3 is 0 Å². The predicted octanol–water partition coefficient (Wildman–Crippen LogP) is 3.37. The molecule has 0 radical (unpaired) electrons. The number of hydrogen-bond donors (Lipinski definition) is 2. The van der Waals surface area contributed by atoms with Gasteiger partial charge in [-0.1, -0.05) is 20.8 Å². The molecule has 0 aliphatic rings. The van der Waals surface area contributed by atoms with Gasteiger partial charge in [-0.3, -0.25) is 4.79 Å². The highest BCUT2D eigenvalue weighted by molar-refractivity contribution is 14.0. The van der Waals surface area contributed by atoms with Gasteiger partial charge in [0.05, 0.1) is 17.2 Å². The van der Waals surface area contributed by atoms with Crippen molar-refractivity contribution in [2.24, 2.45) is 4.99 Å². The lowest BCUT2D eigenvalue weighted by Crippen LogP contribution is -2.40. The van der Waals surface area contributed by atoms with Crippen LogP contribution in [0.15, 0.2) is 10.4 Å². The van der Waals surface area contributed by atoms with E-state index < -0.39 is 0 Å². The van der Waals surface area contributed by atoms with E-state index in [-0.39, 0.29) is 35.3 Å². The summed E-state index contributed by atoms with van der Waals surface area (Å²) in [6.45, 7) is 15.9. The molecule has 0 saturated heterocycles. The van der Waals surface area contributed by atoms with Crippen molar-refractivity contribution in [1.82, 2.24) is 20.5 Å². The monoisotopic (exact) mass is 495 g/mol. The van der Waals surface area contributed by atoms with Crippen LogP contribution >= 0.6 is 35.3 Å². The van der Waals surface area contributed by atoms with Gasteiger partial charge in [-0.15, -0.1) is 35.3 Å². The van der Waals surface area contributed by atoms with E-state index in [1.54, 1.807) is 11.3 Å². The van der Waals surface area contributed by atoms with Gasteiger partial charge in [-0.25, -0.2) is 9.98 Å². The van der Waals surface area contributed by atoms with E-state index >= 15 is 0 Å². The van der Waals surface area contributed by atoms with Crippen LogP contribution in [0.4, 0.5) is 0 Å². The topological polar surface area (TPSA) is 69.6 Å². The molecule has 1 aromatic rings. The van der Waals surface area contributed by atoms with Crippen molar-refractivity contribution < 1.29 is 4.79 Å². The summed E-state index contributed by atoms with van der Waals surface area (Å²) in [4.78, 5) is 23.1. The number of carbonyl (C=O) groups excluding carboxylic acids is 1. The van der Waals surface area contributed by atoms with Gasteiger partial charge < -0.3 is 15.5 Å². The Hall–Kier alpha value is -0.900. The maximum Gasteiger partial charge on any atom is 0.224 e. The molecule has 6 nitrogen and oxygen atoms in total. The van der Waals surface area contributed by atoms with Gasteiger partial charge in [0.25, 0.3) is 0 Å². The molecule has 0 spiro atoms. The minimum Gasteiger partial charge on any atom is -0.357 e. The first-order chi connectivity index (χ1) is 11.8. The maximum absolute atomic E-state index is 12.0. The summed E-state index contributed by atoms with van der Waals surface area (Å²) in [5, 5.41) is 9.63. The van der Waals surface area contributed by atoms with Crippen LogP contribution in [-0.2, 0) is 16.8 Å². The van der Waals surface area contributed by atoms with Gasteiger partial charge in [-0.2, -0.15) is 0 Å². The summed E-state index contributed by atoms with van der Waals surface area (Å²) >= 11 is 1.68. The van der Waals surface area contributed by atoms with E-state index in [2.05, 4.69) is 46.8 Å². The second-order valence-electron chi connectivity index (χ2n) is 6.83. The molecule has 0 saturated carbocycles. The molecule has 0 atom stereocenters. The van der Waals surface area contributed by atoms with Gasteiger partial charge in [0.15, 0.2) is 5.96 Å². The Morgan fingerprint density at radius 2 is 1.88 bits per heavy atom. The Morgan fingerprint density at radius 1 is 1.23 bits per heavy atom. The molecule has 1 amide bonds. The van der Waals surface area contributed by atoms with E-state index in [1.165, 1.54) is 0 Å². The molecule has 1 aromatic heterocycles. The SMILES string of the molecule is CCNC(=NCc1csc(C(C)(C)C)n1)NCCC(=O)N(CC)CC.I. The molecule has 0 aliphatic carbocycles. The molecule has 1 heterocycles. The zero-order valence-corrected chi connectivity index (χ0v) is 20.0. The Morgan fingerprint density at radius 3 is 2.38 bits per heavy atom. The second-order valence-corrected chi connectivity index (χ2v) is 7.69. The molecular formula is C18H34IN5OS. The van der Waals surface area contributed by atoms with Crippen molar-refractivity contribution in [2.75, 3.05) is 26.2 Å². The molecule has 0 unspecified atom stereocenters. The van der Waals surface area contributed by atoms with Crippen LogP contribution in [0.1, 0.15) is 58.7 Å². The Bertz CT molecular complexity index is 564. The van der Waals surface area contributed by atoms with Crippen molar-refractivity contribution in [1.29, 1.82) is 0 Å². The van der Waals surface area contributed by atoms with Crippen molar-refractivity contribution in [3.63, 3.8) is 0 Å². The molecule has 150 valence electrons. The minimum absolute atomic E-state index is 0. The van der Waals surface area contributed by atoms with Crippen molar-refractivity contribution in [3.05, 3.63) is 16.1 Å². The van der Waals surface area contributed by atoms with Crippen LogP contribution in [-0.4, -0.2) is 47.9 Å². The highest BCUT2D eigenvalue weighted by atomic mass is 127. The van der Waals surface area contributed by atoms with Crippen molar-refractivity contribution >= 4 is 47.2 Å². The number of carbonyl (C=O) groups is 1. The standard InChI is InChI=1S/C18H33N5OS.HI/c1-7-19-17(20-11-10-15(24)23(8-2)9-3)21-12-14-13-25-16(22-14)18(4,5)6;/h13H,7-12H2,1-6H3,(H2,19,20,21);1H. The van der Waals surface area contributed by atoms with Gasteiger partial charge in [-0.05, 0) is 20.8 Å². The number of nitrogens with one attached hydrogen (secondary N) is 2. The van der Waals surface area contributed by atoms with Gasteiger partial charge in [0.1, 0.15) is 0 Å². The quantitative estimate of drug-likeness (QED) is 0.330. The number of aliphatic imine (C=N–C) groups is 1. The number of halogens is 1.